The summed E-state index contributed by atoms with van der Waals surface area (Å²) in [6.45, 7) is 10.3. The van der Waals surface area contributed by atoms with Gasteiger partial charge < -0.3 is 19.3 Å². The number of ketones is 1. The number of piperidine rings is 1. The number of ether oxygens (including phenoxy) is 2. The smallest absolute Gasteiger partial charge is 0.269 e. The molecule has 0 saturated carbocycles. The zero-order valence-electron chi connectivity index (χ0n) is 28.1. The normalized spacial score (nSPS) is 18.1. The van der Waals surface area contributed by atoms with Crippen molar-refractivity contribution in [2.24, 2.45) is 4.99 Å². The van der Waals surface area contributed by atoms with Gasteiger partial charge in [0.05, 0.1) is 30.4 Å². The third-order valence-corrected chi connectivity index (χ3v) is 9.22. The van der Waals surface area contributed by atoms with Crippen molar-refractivity contribution in [3.05, 3.63) is 98.6 Å². The van der Waals surface area contributed by atoms with Crippen LogP contribution in [0, 0.1) is 10.1 Å². The number of methoxy groups -OCH3 is 1. The van der Waals surface area contributed by atoms with Crippen molar-refractivity contribution < 1.29 is 24.0 Å². The number of nitro benzene ring substituents is 1. The molecule has 0 spiro atoms. The fourth-order valence-electron chi connectivity index (χ4n) is 6.80. The first kappa shape index (κ1) is 33.8. The summed E-state index contributed by atoms with van der Waals surface area (Å²) in [5, 5.41) is 10.9. The lowest BCUT2D eigenvalue weighted by molar-refractivity contribution is -0.384. The van der Waals surface area contributed by atoms with Crippen LogP contribution in [-0.2, 0) is 0 Å². The maximum atomic E-state index is 13.8. The maximum absolute atomic E-state index is 13.8. The summed E-state index contributed by atoms with van der Waals surface area (Å²) in [7, 11) is 3.80. The molecule has 3 aromatic rings. The second kappa shape index (κ2) is 14.5. The maximum Gasteiger partial charge on any atom is 0.269 e. The third kappa shape index (κ3) is 7.22. The van der Waals surface area contributed by atoms with E-state index in [1.54, 1.807) is 7.11 Å². The molecule has 47 heavy (non-hydrogen) atoms. The van der Waals surface area contributed by atoms with Crippen molar-refractivity contribution in [1.29, 1.82) is 0 Å². The monoisotopic (exact) mass is 640 g/mol. The number of likely N-dealkylation sites (tertiary alicyclic amines) is 1. The highest BCUT2D eigenvalue weighted by Crippen LogP contribution is 2.42. The van der Waals surface area contributed by atoms with Gasteiger partial charge in [-0.25, -0.2) is 0 Å². The summed E-state index contributed by atoms with van der Waals surface area (Å²) in [5.74, 6) is 1.44. The Hall–Kier alpha value is -4.57. The predicted octanol–water partition coefficient (Wildman–Crippen LogP) is 6.54. The third-order valence-electron chi connectivity index (χ3n) is 9.22. The van der Waals surface area contributed by atoms with Crippen LogP contribution in [0.5, 0.6) is 11.5 Å². The standard InChI is InChI=1S/C37H44N4O6/c1-7-47-35-20-29-30(21-34(35)46-6)36(38-32-18-19-39(5)22-31(29)32)26-9-11-27(12-10-26)37(43)40(23(2)3)24(4)8-17-33(42)25-13-15-28(16-14-25)41(44)45/h9-16,20-21,23-24,31-32H,7-8,17-19,22H2,1-6H3/t24-,31-,32-/m1/s1. The Morgan fingerprint density at radius 3 is 2.34 bits per heavy atom. The Balaban J connectivity index is 1.36. The first-order valence-electron chi connectivity index (χ1n) is 16.3. The van der Waals surface area contributed by atoms with E-state index in [9.17, 15) is 19.7 Å². The molecule has 1 saturated heterocycles. The minimum Gasteiger partial charge on any atom is -0.493 e. The number of hydrogen-bond acceptors (Lipinski definition) is 8. The van der Waals surface area contributed by atoms with E-state index in [4.69, 9.17) is 14.5 Å². The molecule has 0 bridgehead atoms. The molecule has 0 radical (unpaired) electrons. The number of rotatable bonds is 12. The number of fused-ring (bicyclic) bond motifs is 3. The van der Waals surface area contributed by atoms with Crippen molar-refractivity contribution in [3.8, 4) is 11.5 Å². The Morgan fingerprint density at radius 2 is 1.72 bits per heavy atom. The van der Waals surface area contributed by atoms with E-state index >= 15 is 0 Å². The summed E-state index contributed by atoms with van der Waals surface area (Å²) in [4.78, 5) is 46.6. The van der Waals surface area contributed by atoms with Crippen LogP contribution in [-0.4, -0.2) is 84.1 Å². The number of nitrogens with zero attached hydrogens (tertiary/aromatic N) is 4. The van der Waals surface area contributed by atoms with Crippen molar-refractivity contribution in [3.63, 3.8) is 0 Å². The molecule has 10 nitrogen and oxygen atoms in total. The van der Waals surface area contributed by atoms with Gasteiger partial charge in [0.15, 0.2) is 17.3 Å². The SMILES string of the molecule is CCOc1cc2c(cc1OC)C(c1ccc(C(=O)N(C(C)C)[C@H](C)CCC(=O)c3ccc([N+](=O)[O-])cc3)cc1)=N[C@@H]1CCN(C)C[C@H]21. The van der Waals surface area contributed by atoms with Crippen LogP contribution < -0.4 is 9.47 Å². The number of benzene rings is 3. The molecule has 248 valence electrons. The van der Waals surface area contributed by atoms with E-state index in [2.05, 4.69) is 18.0 Å². The number of non-ortho nitro benzene ring substituents is 1. The van der Waals surface area contributed by atoms with E-state index in [1.807, 2.05) is 62.9 Å². The van der Waals surface area contributed by atoms with Crippen molar-refractivity contribution in [2.45, 2.75) is 71.0 Å². The number of likely N-dealkylation sites (N-methyl/N-ethyl adjacent to an activating group) is 1. The van der Waals surface area contributed by atoms with Gasteiger partial charge >= 0.3 is 0 Å². The Labute approximate surface area is 276 Å². The molecule has 2 heterocycles. The van der Waals surface area contributed by atoms with Crippen LogP contribution in [0.2, 0.25) is 0 Å². The van der Waals surface area contributed by atoms with Gasteiger partial charge in [0.25, 0.3) is 11.6 Å². The number of aliphatic imine (C=N–C) groups is 1. The van der Waals surface area contributed by atoms with E-state index in [1.165, 1.54) is 29.8 Å². The quantitative estimate of drug-likeness (QED) is 0.125. The van der Waals surface area contributed by atoms with Crippen LogP contribution in [0.25, 0.3) is 0 Å². The number of nitro groups is 1. The molecule has 3 aromatic carbocycles. The number of hydrogen-bond donors (Lipinski definition) is 0. The number of amides is 1. The van der Waals surface area contributed by atoms with E-state index in [-0.39, 0.29) is 47.8 Å². The minimum absolute atomic E-state index is 0.0567. The number of Topliss-reactive ketones (excluding diaryl/α,β-unsaturated/α-hetero) is 1. The molecular weight excluding hydrogens is 596 g/mol. The van der Waals surface area contributed by atoms with Crippen LogP contribution >= 0.6 is 0 Å². The summed E-state index contributed by atoms with van der Waals surface area (Å²) in [6.07, 6.45) is 1.65. The molecular formula is C37H44N4O6. The highest BCUT2D eigenvalue weighted by molar-refractivity contribution is 6.15. The second-order valence-electron chi connectivity index (χ2n) is 12.7. The average Bonchev–Trinajstić information content (AvgIpc) is 3.06. The molecule has 5 rings (SSSR count). The molecule has 0 unspecified atom stereocenters. The number of carbonyl (C=O) groups excluding carboxylic acids is 2. The Morgan fingerprint density at radius 1 is 1.04 bits per heavy atom. The van der Waals surface area contributed by atoms with Gasteiger partial charge in [0.2, 0.25) is 0 Å². The lowest BCUT2D eigenvalue weighted by Crippen LogP contribution is -2.43. The predicted molar refractivity (Wildman–Crippen MR) is 182 cm³/mol. The minimum atomic E-state index is -0.489. The number of carbonyl (C=O) groups is 2. The van der Waals surface area contributed by atoms with Gasteiger partial charge in [-0.1, -0.05) is 12.1 Å². The van der Waals surface area contributed by atoms with E-state index in [0.717, 1.165) is 42.1 Å². The van der Waals surface area contributed by atoms with Gasteiger partial charge in [-0.2, -0.15) is 0 Å². The zero-order valence-corrected chi connectivity index (χ0v) is 28.1. The highest BCUT2D eigenvalue weighted by atomic mass is 16.6. The van der Waals surface area contributed by atoms with E-state index < -0.39 is 4.92 Å². The molecule has 10 heteroatoms. The lowest BCUT2D eigenvalue weighted by atomic mass is 9.79. The topological polar surface area (TPSA) is 115 Å². The van der Waals surface area contributed by atoms with Gasteiger partial charge in [0.1, 0.15) is 0 Å². The largest absolute Gasteiger partial charge is 0.493 e. The van der Waals surface area contributed by atoms with Crippen molar-refractivity contribution >= 4 is 23.1 Å². The Bertz CT molecular complexity index is 1650. The van der Waals surface area contributed by atoms with Crippen molar-refractivity contribution in [1.82, 2.24) is 9.80 Å². The molecule has 1 amide bonds. The van der Waals surface area contributed by atoms with Crippen LogP contribution in [0.4, 0.5) is 5.69 Å². The van der Waals surface area contributed by atoms with Crippen LogP contribution in [0.1, 0.15) is 90.3 Å². The van der Waals surface area contributed by atoms with Gasteiger partial charge in [-0.3, -0.25) is 24.7 Å². The molecule has 0 N–H and O–H groups in total. The first-order chi connectivity index (χ1) is 22.5. The molecule has 0 aromatic heterocycles. The van der Waals surface area contributed by atoms with Crippen LogP contribution in [0.3, 0.4) is 0 Å². The summed E-state index contributed by atoms with van der Waals surface area (Å²) < 4.78 is 11.7. The molecule has 3 atom stereocenters. The second-order valence-corrected chi connectivity index (χ2v) is 12.7. The van der Waals surface area contributed by atoms with Gasteiger partial charge in [0, 0.05) is 65.4 Å². The fourth-order valence-corrected chi connectivity index (χ4v) is 6.80. The molecule has 2 aliphatic rings. The molecule has 0 aliphatic carbocycles. The summed E-state index contributed by atoms with van der Waals surface area (Å²) >= 11 is 0. The van der Waals surface area contributed by atoms with Crippen LogP contribution in [0.15, 0.2) is 65.7 Å². The zero-order chi connectivity index (χ0) is 33.8. The Kier molecular flexibility index (Phi) is 10.4. The molecule has 2 aliphatic heterocycles. The van der Waals surface area contributed by atoms with Gasteiger partial charge in [-0.15, -0.1) is 0 Å². The molecule has 1 fully saturated rings. The fraction of sp³-hybridized carbons (Fsp3) is 0.432. The first-order valence-corrected chi connectivity index (χ1v) is 16.3. The van der Waals surface area contributed by atoms with E-state index in [0.29, 0.717) is 29.9 Å². The van der Waals surface area contributed by atoms with Crippen molar-refractivity contribution in [2.75, 3.05) is 33.9 Å². The van der Waals surface area contributed by atoms with Gasteiger partial charge in [-0.05, 0) is 96.1 Å². The summed E-state index contributed by atoms with van der Waals surface area (Å²) in [5.41, 5.74) is 4.99. The lowest BCUT2D eigenvalue weighted by Gasteiger charge is -2.39. The average molecular weight is 641 g/mol. The summed E-state index contributed by atoms with van der Waals surface area (Å²) in [6, 6.07) is 17.3. The highest BCUT2D eigenvalue weighted by Gasteiger charge is 2.36.